The zero-order valence-corrected chi connectivity index (χ0v) is 22.2. The molecule has 1 aliphatic heterocycles. The molecule has 0 atom stereocenters. The molecule has 0 N–H and O–H groups in total. The molecule has 40 heavy (non-hydrogen) atoms. The first-order valence-corrected chi connectivity index (χ1v) is 13.7. The summed E-state index contributed by atoms with van der Waals surface area (Å²) in [5.74, 6) is 0. The zero-order valence-electron chi connectivity index (χ0n) is 22.2. The molecule has 2 nitrogen and oxygen atoms in total. The van der Waals surface area contributed by atoms with Crippen molar-refractivity contribution >= 4 is 23.3 Å². The largest absolute Gasteiger partial charge is 0.285 e. The molecule has 0 amide bonds. The van der Waals surface area contributed by atoms with Crippen LogP contribution in [0.15, 0.2) is 158 Å². The summed E-state index contributed by atoms with van der Waals surface area (Å²) in [7, 11) is 0. The van der Waals surface area contributed by atoms with E-state index in [1.807, 2.05) is 0 Å². The lowest BCUT2D eigenvalue weighted by Crippen LogP contribution is -2.32. The summed E-state index contributed by atoms with van der Waals surface area (Å²) < 4.78 is 2.43. The molecule has 0 unspecified atom stereocenters. The molecular formula is C38H29N2+. The van der Waals surface area contributed by atoms with Gasteiger partial charge in [-0.25, -0.2) is 0 Å². The third kappa shape index (κ3) is 4.50. The SMILES string of the molecule is C1=[N+](c2c(-c3ccccc3)cc(-c3ccccc3)cc2-c2ccccc2)CN(c2ccccc2)c2ccccc21. The monoisotopic (exact) mass is 513 g/mol. The molecule has 0 fully saturated rings. The second-order valence-corrected chi connectivity index (χ2v) is 10.1. The van der Waals surface area contributed by atoms with Crippen molar-refractivity contribution < 1.29 is 4.58 Å². The van der Waals surface area contributed by atoms with Gasteiger partial charge in [0.15, 0.2) is 6.21 Å². The summed E-state index contributed by atoms with van der Waals surface area (Å²) in [6.45, 7) is 0.700. The molecule has 190 valence electrons. The molecule has 1 heterocycles. The van der Waals surface area contributed by atoms with Gasteiger partial charge in [-0.15, -0.1) is 0 Å². The summed E-state index contributed by atoms with van der Waals surface area (Å²) in [6.07, 6.45) is 2.31. The lowest BCUT2D eigenvalue weighted by molar-refractivity contribution is -0.432. The fraction of sp³-hybridized carbons (Fsp3) is 0.0263. The number of benzene rings is 6. The minimum atomic E-state index is 0.700. The first-order chi connectivity index (χ1) is 19.8. The Labute approximate surface area is 235 Å². The fourth-order valence-electron chi connectivity index (χ4n) is 5.66. The maximum Gasteiger partial charge on any atom is 0.228 e. The van der Waals surface area contributed by atoms with Crippen molar-refractivity contribution in [2.75, 3.05) is 11.6 Å². The van der Waals surface area contributed by atoms with Crippen molar-refractivity contribution in [1.29, 1.82) is 0 Å². The Morgan fingerprint density at radius 2 is 0.925 bits per heavy atom. The lowest BCUT2D eigenvalue weighted by atomic mass is 9.90. The molecule has 1 aliphatic rings. The summed E-state index contributed by atoms with van der Waals surface area (Å²) in [6, 6.07) is 56.3. The molecule has 0 aliphatic carbocycles. The molecule has 6 aromatic rings. The molecule has 0 spiro atoms. The van der Waals surface area contributed by atoms with Crippen LogP contribution in [-0.4, -0.2) is 17.5 Å². The second-order valence-electron chi connectivity index (χ2n) is 10.1. The minimum Gasteiger partial charge on any atom is -0.285 e. The first kappa shape index (κ1) is 23.9. The third-order valence-corrected chi connectivity index (χ3v) is 7.56. The molecule has 2 heteroatoms. The highest BCUT2D eigenvalue weighted by Gasteiger charge is 2.30. The van der Waals surface area contributed by atoms with E-state index in [9.17, 15) is 0 Å². The Bertz CT molecular complexity index is 1730. The lowest BCUT2D eigenvalue weighted by Gasteiger charge is -2.28. The summed E-state index contributed by atoms with van der Waals surface area (Å²) in [5, 5.41) is 0. The van der Waals surface area contributed by atoms with Gasteiger partial charge in [0.2, 0.25) is 12.4 Å². The van der Waals surface area contributed by atoms with Gasteiger partial charge in [-0.1, -0.05) is 121 Å². The van der Waals surface area contributed by atoms with Gasteiger partial charge in [0.1, 0.15) is 0 Å². The Morgan fingerprint density at radius 1 is 0.450 bits per heavy atom. The number of nitrogens with zero attached hydrogens (tertiary/aromatic N) is 2. The summed E-state index contributed by atoms with van der Waals surface area (Å²) >= 11 is 0. The van der Waals surface area contributed by atoms with Crippen molar-refractivity contribution in [3.05, 3.63) is 163 Å². The maximum atomic E-state index is 2.43. The smallest absolute Gasteiger partial charge is 0.228 e. The van der Waals surface area contributed by atoms with Crippen LogP contribution in [0, 0.1) is 0 Å². The zero-order chi connectivity index (χ0) is 26.7. The minimum absolute atomic E-state index is 0.700. The number of hydrogen-bond donors (Lipinski definition) is 0. The van der Waals surface area contributed by atoms with Crippen molar-refractivity contribution in [1.82, 2.24) is 0 Å². The second kappa shape index (κ2) is 10.5. The highest BCUT2D eigenvalue weighted by atomic mass is 15.3. The summed E-state index contributed by atoms with van der Waals surface area (Å²) in [4.78, 5) is 2.41. The van der Waals surface area contributed by atoms with Crippen molar-refractivity contribution in [2.45, 2.75) is 0 Å². The highest BCUT2D eigenvalue weighted by Crippen LogP contribution is 2.44. The van der Waals surface area contributed by atoms with Crippen molar-refractivity contribution in [2.24, 2.45) is 0 Å². The van der Waals surface area contributed by atoms with Crippen LogP contribution >= 0.6 is 0 Å². The average Bonchev–Trinajstić information content (AvgIpc) is 3.05. The van der Waals surface area contributed by atoms with Crippen LogP contribution in [0.2, 0.25) is 0 Å². The Balaban J connectivity index is 1.52. The Kier molecular flexibility index (Phi) is 6.27. The normalized spacial score (nSPS) is 12.5. The molecule has 6 aromatic carbocycles. The van der Waals surface area contributed by atoms with Crippen LogP contribution in [0.1, 0.15) is 5.56 Å². The average molecular weight is 514 g/mol. The number of anilines is 2. The predicted octanol–water partition coefficient (Wildman–Crippen LogP) is 9.56. The van der Waals surface area contributed by atoms with E-state index in [2.05, 4.69) is 173 Å². The van der Waals surface area contributed by atoms with Crippen molar-refractivity contribution in [3.8, 4) is 33.4 Å². The van der Waals surface area contributed by atoms with E-state index in [0.29, 0.717) is 6.67 Å². The van der Waals surface area contributed by atoms with Crippen LogP contribution in [0.5, 0.6) is 0 Å². The standard InChI is InChI=1S/C38H29N2/c1-5-15-29(16-6-1)33-25-35(30-17-7-2-8-18-30)38(36(26-33)31-19-9-3-10-20-31)39-27-32-21-13-14-24-37(32)40(28-39)34-22-11-4-12-23-34/h1-27H,28H2/q+1. The quantitative estimate of drug-likeness (QED) is 0.208. The number of para-hydroxylation sites is 2. The summed E-state index contributed by atoms with van der Waals surface area (Å²) in [5.41, 5.74) is 12.0. The third-order valence-electron chi connectivity index (χ3n) is 7.56. The first-order valence-electron chi connectivity index (χ1n) is 13.7. The van der Waals surface area contributed by atoms with E-state index in [1.165, 1.54) is 56.0 Å². The van der Waals surface area contributed by atoms with E-state index in [1.54, 1.807) is 0 Å². The van der Waals surface area contributed by atoms with Crippen LogP contribution < -0.4 is 4.90 Å². The van der Waals surface area contributed by atoms with Crippen LogP contribution in [0.3, 0.4) is 0 Å². The van der Waals surface area contributed by atoms with Gasteiger partial charge in [-0.05, 0) is 58.7 Å². The molecule has 0 bridgehead atoms. The fourth-order valence-corrected chi connectivity index (χ4v) is 5.66. The Hall–Kier alpha value is -5.21. The van der Waals surface area contributed by atoms with Gasteiger partial charge in [0.05, 0.1) is 22.4 Å². The van der Waals surface area contributed by atoms with E-state index in [-0.39, 0.29) is 0 Å². The van der Waals surface area contributed by atoms with Gasteiger partial charge in [0, 0.05) is 5.69 Å². The molecule has 0 aromatic heterocycles. The number of rotatable bonds is 5. The van der Waals surface area contributed by atoms with E-state index >= 15 is 0 Å². The molecule has 7 rings (SSSR count). The van der Waals surface area contributed by atoms with Gasteiger partial charge >= 0.3 is 0 Å². The van der Waals surface area contributed by atoms with E-state index in [4.69, 9.17) is 0 Å². The highest BCUT2D eigenvalue weighted by molar-refractivity contribution is 5.94. The topological polar surface area (TPSA) is 6.25 Å². The molecule has 0 saturated heterocycles. The van der Waals surface area contributed by atoms with E-state index in [0.717, 1.165) is 0 Å². The molecule has 0 saturated carbocycles. The van der Waals surface area contributed by atoms with Gasteiger partial charge in [0.25, 0.3) is 0 Å². The van der Waals surface area contributed by atoms with Crippen LogP contribution in [-0.2, 0) is 0 Å². The van der Waals surface area contributed by atoms with Gasteiger partial charge in [-0.2, -0.15) is 4.58 Å². The molecular weight excluding hydrogens is 484 g/mol. The van der Waals surface area contributed by atoms with Crippen LogP contribution in [0.25, 0.3) is 33.4 Å². The van der Waals surface area contributed by atoms with Gasteiger partial charge in [-0.3, -0.25) is 4.90 Å². The van der Waals surface area contributed by atoms with Crippen LogP contribution in [0.4, 0.5) is 17.1 Å². The van der Waals surface area contributed by atoms with Crippen molar-refractivity contribution in [3.63, 3.8) is 0 Å². The maximum absolute atomic E-state index is 2.43. The number of hydrogen-bond acceptors (Lipinski definition) is 1. The number of fused-ring (bicyclic) bond motifs is 1. The Morgan fingerprint density at radius 3 is 1.50 bits per heavy atom. The molecule has 0 radical (unpaired) electrons. The predicted molar refractivity (Wildman–Crippen MR) is 168 cm³/mol. The van der Waals surface area contributed by atoms with Gasteiger partial charge < -0.3 is 0 Å². The van der Waals surface area contributed by atoms with E-state index < -0.39 is 0 Å².